The highest BCUT2D eigenvalue weighted by atomic mass is 32.2. The fourth-order valence-corrected chi connectivity index (χ4v) is 5.97. The van der Waals surface area contributed by atoms with E-state index in [2.05, 4.69) is 4.72 Å². The van der Waals surface area contributed by atoms with Crippen molar-refractivity contribution in [3.05, 3.63) is 35.9 Å². The summed E-state index contributed by atoms with van der Waals surface area (Å²) in [7, 11) is -6.21. The van der Waals surface area contributed by atoms with E-state index in [-0.39, 0.29) is 12.3 Å². The second kappa shape index (κ2) is 10.2. The molecule has 0 unspecified atom stereocenters. The maximum Gasteiger partial charge on any atom is 0.502 e. The summed E-state index contributed by atoms with van der Waals surface area (Å²) in [6, 6.07) is 9.49. The summed E-state index contributed by atoms with van der Waals surface area (Å²) in [4.78, 5) is 0. The molecule has 1 aromatic rings. The van der Waals surface area contributed by atoms with Crippen LogP contribution < -0.4 is 4.72 Å². The summed E-state index contributed by atoms with van der Waals surface area (Å²) in [5.74, 6) is -0.0414. The Morgan fingerprint density at radius 2 is 1.48 bits per heavy atom. The number of hydrogen-bond acceptors (Lipinski definition) is 5. The van der Waals surface area contributed by atoms with E-state index in [1.54, 1.807) is 12.1 Å². The first-order chi connectivity index (χ1) is 11.0. The molecule has 0 saturated heterocycles. The molecule has 0 bridgehead atoms. The summed E-state index contributed by atoms with van der Waals surface area (Å²) in [6.07, 6.45) is 0. The van der Waals surface area contributed by atoms with Crippen LogP contribution in [0.5, 0.6) is 0 Å². The van der Waals surface area contributed by atoms with Gasteiger partial charge in [-0.3, -0.25) is 0 Å². The molecule has 0 atom stereocenters. The van der Waals surface area contributed by atoms with Gasteiger partial charge in [-0.25, -0.2) is 13.1 Å². The highest BCUT2D eigenvalue weighted by molar-refractivity contribution is 7.88. The third-order valence-corrected chi connectivity index (χ3v) is 7.45. The van der Waals surface area contributed by atoms with Gasteiger partial charge in [-0.1, -0.05) is 30.3 Å². The standard InChI is InChI=1S/C15H27NO5SSi/c1-4-19-23(20-5-2,21-6-3)13-12-16-22(17,18)14-15-10-8-7-9-11-15/h7-11,16H,4-6,12-14H2,1-3H3. The molecule has 0 radical (unpaired) electrons. The predicted octanol–water partition coefficient (Wildman–Crippen LogP) is 2.15. The molecule has 132 valence electrons. The van der Waals surface area contributed by atoms with Gasteiger partial charge in [0.1, 0.15) is 0 Å². The van der Waals surface area contributed by atoms with Crippen molar-refractivity contribution in [1.82, 2.24) is 4.72 Å². The van der Waals surface area contributed by atoms with Gasteiger partial charge in [0.05, 0.1) is 5.75 Å². The molecule has 1 rings (SSSR count). The van der Waals surface area contributed by atoms with Crippen LogP contribution in [0, 0.1) is 0 Å². The zero-order valence-corrected chi connectivity index (χ0v) is 15.9. The topological polar surface area (TPSA) is 73.9 Å². The van der Waals surface area contributed by atoms with Crippen LogP contribution >= 0.6 is 0 Å². The molecular formula is C15H27NO5SSi. The molecule has 6 nitrogen and oxygen atoms in total. The fourth-order valence-electron chi connectivity index (χ4n) is 2.21. The van der Waals surface area contributed by atoms with Gasteiger partial charge in [-0.05, 0) is 26.3 Å². The van der Waals surface area contributed by atoms with Crippen molar-refractivity contribution in [1.29, 1.82) is 0 Å². The predicted molar refractivity (Wildman–Crippen MR) is 92.5 cm³/mol. The van der Waals surface area contributed by atoms with Crippen LogP contribution in [-0.4, -0.2) is 43.6 Å². The van der Waals surface area contributed by atoms with Crippen LogP contribution in [0.15, 0.2) is 30.3 Å². The Bertz CT molecular complexity index is 521. The Morgan fingerprint density at radius 3 is 1.96 bits per heavy atom. The molecule has 8 heteroatoms. The lowest BCUT2D eigenvalue weighted by atomic mass is 10.2. The molecule has 0 aromatic heterocycles. The average Bonchev–Trinajstić information content (AvgIpc) is 2.48. The summed E-state index contributed by atoms with van der Waals surface area (Å²) >= 11 is 0. The van der Waals surface area contributed by atoms with E-state index >= 15 is 0 Å². The van der Waals surface area contributed by atoms with Crippen molar-refractivity contribution in [3.63, 3.8) is 0 Å². The Kier molecular flexibility index (Phi) is 8.96. The van der Waals surface area contributed by atoms with Crippen LogP contribution in [0.2, 0.25) is 6.04 Å². The van der Waals surface area contributed by atoms with Crippen LogP contribution in [0.3, 0.4) is 0 Å². The molecule has 0 spiro atoms. The van der Waals surface area contributed by atoms with E-state index in [4.69, 9.17) is 13.3 Å². The van der Waals surface area contributed by atoms with Gasteiger partial charge >= 0.3 is 8.80 Å². The molecular weight excluding hydrogens is 334 g/mol. The smallest absolute Gasteiger partial charge is 0.374 e. The minimum atomic E-state index is -3.40. The third-order valence-electron chi connectivity index (χ3n) is 3.05. The highest BCUT2D eigenvalue weighted by Gasteiger charge is 2.40. The number of sulfonamides is 1. The van der Waals surface area contributed by atoms with Gasteiger partial charge < -0.3 is 13.3 Å². The quantitative estimate of drug-likeness (QED) is 0.578. The Hall–Kier alpha value is -0.773. The van der Waals surface area contributed by atoms with Crippen molar-refractivity contribution < 1.29 is 21.7 Å². The molecule has 0 aliphatic heterocycles. The average molecular weight is 362 g/mol. The zero-order valence-electron chi connectivity index (χ0n) is 14.1. The molecule has 0 amide bonds. The molecule has 1 aromatic carbocycles. The van der Waals surface area contributed by atoms with Crippen molar-refractivity contribution in [2.75, 3.05) is 26.4 Å². The number of nitrogens with one attached hydrogen (secondary N) is 1. The van der Waals surface area contributed by atoms with Crippen molar-refractivity contribution in [3.8, 4) is 0 Å². The second-order valence-electron chi connectivity index (χ2n) is 4.87. The Labute approximate surface area is 140 Å². The molecule has 0 fully saturated rings. The van der Waals surface area contributed by atoms with Gasteiger partial charge in [0.15, 0.2) is 0 Å². The van der Waals surface area contributed by atoms with Crippen LogP contribution in [0.1, 0.15) is 26.3 Å². The third kappa shape index (κ3) is 7.56. The maximum absolute atomic E-state index is 12.1. The minimum Gasteiger partial charge on any atom is -0.374 e. The van der Waals surface area contributed by atoms with Crippen molar-refractivity contribution in [2.45, 2.75) is 32.6 Å². The summed E-state index contributed by atoms with van der Waals surface area (Å²) in [5.41, 5.74) is 0.753. The van der Waals surface area contributed by atoms with E-state index < -0.39 is 18.8 Å². The Morgan fingerprint density at radius 1 is 0.957 bits per heavy atom. The van der Waals surface area contributed by atoms with Gasteiger partial charge in [0, 0.05) is 32.4 Å². The first-order valence-corrected chi connectivity index (χ1v) is 11.5. The van der Waals surface area contributed by atoms with Gasteiger partial charge in [-0.2, -0.15) is 0 Å². The Balaban J connectivity index is 2.60. The van der Waals surface area contributed by atoms with Gasteiger partial charge in [0.2, 0.25) is 10.0 Å². The summed E-state index contributed by atoms with van der Waals surface area (Å²) in [5, 5.41) is 0. The number of benzene rings is 1. The number of rotatable bonds is 12. The molecule has 0 aliphatic rings. The maximum atomic E-state index is 12.1. The lowest BCUT2D eigenvalue weighted by molar-refractivity contribution is 0.0717. The second-order valence-corrected chi connectivity index (χ2v) is 9.41. The van der Waals surface area contributed by atoms with E-state index in [9.17, 15) is 8.42 Å². The molecule has 1 N–H and O–H groups in total. The monoisotopic (exact) mass is 361 g/mol. The van der Waals surface area contributed by atoms with Crippen LogP contribution in [0.25, 0.3) is 0 Å². The lowest BCUT2D eigenvalue weighted by Crippen LogP contribution is -2.48. The SMILES string of the molecule is CCO[Si](CCNS(=O)(=O)Cc1ccccc1)(OCC)OCC. The van der Waals surface area contributed by atoms with Gasteiger partial charge in [-0.15, -0.1) is 0 Å². The lowest BCUT2D eigenvalue weighted by Gasteiger charge is -2.28. The van der Waals surface area contributed by atoms with E-state index in [0.29, 0.717) is 25.9 Å². The first kappa shape index (κ1) is 20.3. The molecule has 0 heterocycles. The van der Waals surface area contributed by atoms with E-state index in [1.165, 1.54) is 0 Å². The largest absolute Gasteiger partial charge is 0.502 e. The molecule has 0 saturated carbocycles. The van der Waals surface area contributed by atoms with E-state index in [1.807, 2.05) is 39.0 Å². The number of hydrogen-bond donors (Lipinski definition) is 1. The molecule has 23 heavy (non-hydrogen) atoms. The normalized spacial score (nSPS) is 12.5. The molecule has 0 aliphatic carbocycles. The zero-order chi connectivity index (χ0) is 17.2. The minimum absolute atomic E-state index is 0.0414. The summed E-state index contributed by atoms with van der Waals surface area (Å²) in [6.45, 7) is 7.29. The highest BCUT2D eigenvalue weighted by Crippen LogP contribution is 2.15. The fraction of sp³-hybridized carbons (Fsp3) is 0.600. The van der Waals surface area contributed by atoms with E-state index in [0.717, 1.165) is 5.56 Å². The van der Waals surface area contributed by atoms with Crippen LogP contribution in [0.4, 0.5) is 0 Å². The van der Waals surface area contributed by atoms with Gasteiger partial charge in [0.25, 0.3) is 0 Å². The van der Waals surface area contributed by atoms with Crippen molar-refractivity contribution >= 4 is 18.8 Å². The van der Waals surface area contributed by atoms with Crippen molar-refractivity contribution in [2.24, 2.45) is 0 Å². The van der Waals surface area contributed by atoms with Crippen LogP contribution in [-0.2, 0) is 29.1 Å². The summed E-state index contributed by atoms with van der Waals surface area (Å²) < 4.78 is 44.0. The first-order valence-electron chi connectivity index (χ1n) is 7.90.